The first-order valence-electron chi connectivity index (χ1n) is 6.14. The van der Waals surface area contributed by atoms with Crippen molar-refractivity contribution in [2.45, 2.75) is 4.90 Å². The van der Waals surface area contributed by atoms with Gasteiger partial charge in [0.2, 0.25) is 10.0 Å². The average Bonchev–Trinajstić information content (AvgIpc) is 2.42. The van der Waals surface area contributed by atoms with Crippen LogP contribution < -0.4 is 9.44 Å². The van der Waals surface area contributed by atoms with Crippen LogP contribution in [0.1, 0.15) is 0 Å². The standard InChI is InChI=1S/C13H12Cl2N2O4S2/c1-22(18,19)16-10-6-2-3-7-11(10)17-23(20,21)12-8-4-5-9(14)13(12)15/h2-8,16-17H,1H3. The summed E-state index contributed by atoms with van der Waals surface area (Å²) < 4.78 is 52.2. The molecule has 2 N–H and O–H groups in total. The van der Waals surface area contributed by atoms with Crippen LogP contribution in [0.2, 0.25) is 10.0 Å². The van der Waals surface area contributed by atoms with E-state index in [1.807, 2.05) is 0 Å². The predicted molar refractivity (Wildman–Crippen MR) is 92.2 cm³/mol. The van der Waals surface area contributed by atoms with Crippen molar-refractivity contribution in [2.75, 3.05) is 15.7 Å². The molecule has 0 aromatic heterocycles. The van der Waals surface area contributed by atoms with Crippen LogP contribution >= 0.6 is 23.2 Å². The molecule has 2 aromatic rings. The molecule has 0 aliphatic rings. The second-order valence-electron chi connectivity index (χ2n) is 4.58. The van der Waals surface area contributed by atoms with Gasteiger partial charge < -0.3 is 0 Å². The van der Waals surface area contributed by atoms with Crippen LogP contribution in [0.15, 0.2) is 47.4 Å². The van der Waals surface area contributed by atoms with Crippen molar-refractivity contribution in [2.24, 2.45) is 0 Å². The molecule has 2 aromatic carbocycles. The minimum Gasteiger partial charge on any atom is -0.282 e. The number of anilines is 2. The Morgan fingerprint density at radius 3 is 1.96 bits per heavy atom. The Morgan fingerprint density at radius 1 is 0.826 bits per heavy atom. The van der Waals surface area contributed by atoms with Crippen molar-refractivity contribution in [1.29, 1.82) is 0 Å². The molecule has 0 saturated heterocycles. The van der Waals surface area contributed by atoms with E-state index in [1.54, 1.807) is 12.1 Å². The third-order valence-corrected chi connectivity index (χ3v) is 5.60. The molecular formula is C13H12Cl2N2O4S2. The van der Waals surface area contributed by atoms with Gasteiger partial charge in [0.1, 0.15) is 4.90 Å². The van der Waals surface area contributed by atoms with Crippen molar-refractivity contribution >= 4 is 54.6 Å². The fourth-order valence-corrected chi connectivity index (χ4v) is 4.17. The van der Waals surface area contributed by atoms with Gasteiger partial charge in [-0.05, 0) is 24.3 Å². The first-order chi connectivity index (χ1) is 10.6. The number of nitrogens with one attached hydrogen (secondary N) is 2. The minimum atomic E-state index is -4.05. The van der Waals surface area contributed by atoms with Crippen LogP contribution in [0.4, 0.5) is 11.4 Å². The summed E-state index contributed by atoms with van der Waals surface area (Å²) in [5.41, 5.74) is 0.158. The Morgan fingerprint density at radius 2 is 1.39 bits per heavy atom. The molecule has 23 heavy (non-hydrogen) atoms. The molecule has 0 aliphatic carbocycles. The summed E-state index contributed by atoms with van der Waals surface area (Å²) in [5, 5.41) is -0.0210. The second-order valence-corrected chi connectivity index (χ2v) is 8.76. The van der Waals surface area contributed by atoms with Crippen molar-refractivity contribution in [1.82, 2.24) is 0 Å². The molecule has 0 saturated carbocycles. The smallest absolute Gasteiger partial charge is 0.263 e. The molecule has 0 heterocycles. The molecule has 0 bridgehead atoms. The largest absolute Gasteiger partial charge is 0.282 e. The van der Waals surface area contributed by atoms with Crippen LogP contribution in [0.3, 0.4) is 0 Å². The van der Waals surface area contributed by atoms with Gasteiger partial charge in [-0.2, -0.15) is 0 Å². The quantitative estimate of drug-likeness (QED) is 0.814. The summed E-state index contributed by atoms with van der Waals surface area (Å²) in [5.74, 6) is 0. The maximum absolute atomic E-state index is 12.5. The highest BCUT2D eigenvalue weighted by Crippen LogP contribution is 2.31. The summed E-state index contributed by atoms with van der Waals surface area (Å²) in [7, 11) is -7.61. The molecule has 0 unspecified atom stereocenters. The lowest BCUT2D eigenvalue weighted by atomic mass is 10.3. The Hall–Kier alpha value is -1.48. The summed E-state index contributed by atoms with van der Waals surface area (Å²) in [4.78, 5) is -0.208. The summed E-state index contributed by atoms with van der Waals surface area (Å²) in [6.45, 7) is 0. The Balaban J connectivity index is 2.44. The second kappa shape index (κ2) is 6.56. The first kappa shape index (κ1) is 17.9. The van der Waals surface area contributed by atoms with Gasteiger partial charge in [-0.25, -0.2) is 16.8 Å². The van der Waals surface area contributed by atoms with E-state index in [0.29, 0.717) is 0 Å². The van der Waals surface area contributed by atoms with Crippen LogP contribution in [0, 0.1) is 0 Å². The summed E-state index contributed by atoms with van der Waals surface area (Å²) in [6, 6.07) is 10.2. The predicted octanol–water partition coefficient (Wildman–Crippen LogP) is 3.17. The molecule has 6 nitrogen and oxygen atoms in total. The number of hydrogen-bond acceptors (Lipinski definition) is 4. The number of hydrogen-bond donors (Lipinski definition) is 2. The van der Waals surface area contributed by atoms with Gasteiger partial charge in [-0.1, -0.05) is 41.4 Å². The van der Waals surface area contributed by atoms with Crippen LogP contribution in [-0.2, 0) is 20.0 Å². The zero-order valence-corrected chi connectivity index (χ0v) is 14.9. The Labute approximate surface area is 144 Å². The van der Waals surface area contributed by atoms with E-state index in [-0.39, 0.29) is 26.3 Å². The molecule has 124 valence electrons. The Bertz CT molecular complexity index is 944. The van der Waals surface area contributed by atoms with Gasteiger partial charge in [-0.15, -0.1) is 0 Å². The summed E-state index contributed by atoms with van der Waals surface area (Å²) in [6.07, 6.45) is 0.964. The van der Waals surface area contributed by atoms with E-state index in [1.165, 1.54) is 30.3 Å². The number of para-hydroxylation sites is 2. The normalized spacial score (nSPS) is 12.0. The van der Waals surface area contributed by atoms with Gasteiger partial charge in [-0.3, -0.25) is 9.44 Å². The zero-order chi connectivity index (χ0) is 17.3. The number of sulfonamides is 2. The van der Waals surface area contributed by atoms with Crippen molar-refractivity contribution in [3.05, 3.63) is 52.5 Å². The highest BCUT2D eigenvalue weighted by Gasteiger charge is 2.21. The third kappa shape index (κ3) is 4.51. The molecule has 0 aliphatic heterocycles. The van der Waals surface area contributed by atoms with Gasteiger partial charge >= 0.3 is 0 Å². The maximum Gasteiger partial charge on any atom is 0.263 e. The third-order valence-electron chi connectivity index (χ3n) is 2.67. The van der Waals surface area contributed by atoms with Crippen LogP contribution in [0.5, 0.6) is 0 Å². The van der Waals surface area contributed by atoms with Gasteiger partial charge in [0.15, 0.2) is 0 Å². The SMILES string of the molecule is CS(=O)(=O)Nc1ccccc1NS(=O)(=O)c1cccc(Cl)c1Cl. The van der Waals surface area contributed by atoms with E-state index in [4.69, 9.17) is 23.2 Å². The first-order valence-corrected chi connectivity index (χ1v) is 10.3. The topological polar surface area (TPSA) is 92.3 Å². The van der Waals surface area contributed by atoms with E-state index in [9.17, 15) is 16.8 Å². The average molecular weight is 395 g/mol. The Kier molecular flexibility index (Phi) is 5.10. The molecule has 0 spiro atoms. The number of halogens is 2. The fourth-order valence-electron chi connectivity index (χ4n) is 1.75. The molecule has 0 atom stereocenters. The lowest BCUT2D eigenvalue weighted by molar-refractivity contribution is 0.600. The van der Waals surface area contributed by atoms with Crippen molar-refractivity contribution < 1.29 is 16.8 Å². The zero-order valence-electron chi connectivity index (χ0n) is 11.7. The fraction of sp³-hybridized carbons (Fsp3) is 0.0769. The van der Waals surface area contributed by atoms with Crippen molar-refractivity contribution in [3.63, 3.8) is 0 Å². The highest BCUT2D eigenvalue weighted by atomic mass is 35.5. The molecule has 0 radical (unpaired) electrons. The number of rotatable bonds is 5. The molecule has 10 heteroatoms. The van der Waals surface area contributed by atoms with Gasteiger partial charge in [0, 0.05) is 0 Å². The molecular weight excluding hydrogens is 383 g/mol. The molecule has 2 rings (SSSR count). The molecule has 0 fully saturated rings. The van der Waals surface area contributed by atoms with Crippen LogP contribution in [-0.4, -0.2) is 23.1 Å². The molecule has 0 amide bonds. The van der Waals surface area contributed by atoms with Crippen molar-refractivity contribution in [3.8, 4) is 0 Å². The van der Waals surface area contributed by atoms with E-state index >= 15 is 0 Å². The van der Waals surface area contributed by atoms with Gasteiger partial charge in [0.25, 0.3) is 10.0 Å². The highest BCUT2D eigenvalue weighted by molar-refractivity contribution is 7.93. The van der Waals surface area contributed by atoms with Crippen LogP contribution in [0.25, 0.3) is 0 Å². The van der Waals surface area contributed by atoms with E-state index < -0.39 is 20.0 Å². The van der Waals surface area contributed by atoms with Gasteiger partial charge in [0.05, 0.1) is 27.7 Å². The monoisotopic (exact) mass is 394 g/mol. The maximum atomic E-state index is 12.5. The van der Waals surface area contributed by atoms with E-state index in [0.717, 1.165) is 6.26 Å². The minimum absolute atomic E-state index is 0.0639. The van der Waals surface area contributed by atoms with E-state index in [2.05, 4.69) is 9.44 Å². The summed E-state index contributed by atoms with van der Waals surface area (Å²) >= 11 is 11.8. The lowest BCUT2D eigenvalue weighted by Gasteiger charge is -2.14. The number of benzene rings is 2. The lowest BCUT2D eigenvalue weighted by Crippen LogP contribution is -2.17.